The Morgan fingerprint density at radius 1 is 1.15 bits per heavy atom. The molecule has 3 rings (SSSR count). The lowest BCUT2D eigenvalue weighted by molar-refractivity contribution is -0.385. The van der Waals surface area contributed by atoms with Crippen LogP contribution in [0.4, 0.5) is 11.4 Å². The first-order chi connectivity index (χ1) is 12.5. The fourth-order valence-electron chi connectivity index (χ4n) is 3.54. The summed E-state index contributed by atoms with van der Waals surface area (Å²) in [4.78, 5) is 10.6. The van der Waals surface area contributed by atoms with Crippen LogP contribution in [0.5, 0.6) is 0 Å². The molecule has 1 aromatic carbocycles. The van der Waals surface area contributed by atoms with Gasteiger partial charge in [-0.05, 0) is 51.0 Å². The maximum Gasteiger partial charge on any atom is 0.270 e. The Bertz CT molecular complexity index is 799. The molecule has 1 aliphatic carbocycles. The first-order valence-corrected chi connectivity index (χ1v) is 10.6. The number of allylic oxidation sites excluding steroid dienone is 1. The average Bonchev–Trinajstić information content (AvgIpc) is 3.18. The van der Waals surface area contributed by atoms with Gasteiger partial charge in [0.15, 0.2) is 0 Å². The fraction of sp³-hybridized carbons (Fsp3) is 0.556. The third-order valence-electron chi connectivity index (χ3n) is 5.01. The topological polar surface area (TPSA) is 92.5 Å². The molecule has 1 aliphatic heterocycles. The van der Waals surface area contributed by atoms with Gasteiger partial charge in [0.2, 0.25) is 10.0 Å². The molecular formula is C18H25N3O4S. The Morgan fingerprint density at radius 3 is 2.58 bits per heavy atom. The van der Waals surface area contributed by atoms with E-state index in [0.29, 0.717) is 25.3 Å². The molecule has 0 saturated carbocycles. The Morgan fingerprint density at radius 2 is 1.92 bits per heavy atom. The first-order valence-electron chi connectivity index (χ1n) is 9.19. The van der Waals surface area contributed by atoms with E-state index in [2.05, 4.69) is 11.4 Å². The molecule has 142 valence electrons. The Kier molecular flexibility index (Phi) is 5.93. The van der Waals surface area contributed by atoms with Crippen molar-refractivity contribution >= 4 is 21.4 Å². The number of non-ortho nitro benzene ring substituents is 1. The minimum atomic E-state index is -3.73. The number of anilines is 1. The zero-order chi connectivity index (χ0) is 18.6. The van der Waals surface area contributed by atoms with Gasteiger partial charge in [-0.2, -0.15) is 4.31 Å². The van der Waals surface area contributed by atoms with Crippen LogP contribution in [-0.4, -0.2) is 37.3 Å². The SMILES string of the molecule is O=[N+]([O-])c1ccc(NCCC2=CCCCC2)c(S(=O)(=O)N2CCCC2)c1. The van der Waals surface area contributed by atoms with Crippen LogP contribution in [0.15, 0.2) is 34.7 Å². The van der Waals surface area contributed by atoms with Crippen molar-refractivity contribution in [3.05, 3.63) is 40.0 Å². The van der Waals surface area contributed by atoms with E-state index < -0.39 is 14.9 Å². The fourth-order valence-corrected chi connectivity index (χ4v) is 5.25. The number of benzene rings is 1. The maximum atomic E-state index is 12.9. The van der Waals surface area contributed by atoms with E-state index in [0.717, 1.165) is 32.1 Å². The van der Waals surface area contributed by atoms with Crippen LogP contribution in [0.3, 0.4) is 0 Å². The van der Waals surface area contributed by atoms with Crippen LogP contribution in [0.2, 0.25) is 0 Å². The summed E-state index contributed by atoms with van der Waals surface area (Å²) in [5, 5.41) is 14.3. The molecule has 1 N–H and O–H groups in total. The van der Waals surface area contributed by atoms with Crippen molar-refractivity contribution in [1.29, 1.82) is 0 Å². The van der Waals surface area contributed by atoms with Crippen LogP contribution in [0.1, 0.15) is 44.9 Å². The second kappa shape index (κ2) is 8.18. The lowest BCUT2D eigenvalue weighted by Gasteiger charge is -2.19. The highest BCUT2D eigenvalue weighted by molar-refractivity contribution is 7.89. The number of sulfonamides is 1. The molecule has 0 unspecified atom stereocenters. The van der Waals surface area contributed by atoms with Gasteiger partial charge in [0.05, 0.1) is 10.6 Å². The predicted octanol–water partition coefficient (Wildman–Crippen LogP) is 3.68. The second-order valence-electron chi connectivity index (χ2n) is 6.83. The highest BCUT2D eigenvalue weighted by Gasteiger charge is 2.30. The number of nitro groups is 1. The zero-order valence-corrected chi connectivity index (χ0v) is 15.6. The minimum absolute atomic E-state index is 0.00576. The molecule has 0 atom stereocenters. The predicted molar refractivity (Wildman–Crippen MR) is 101 cm³/mol. The minimum Gasteiger partial charge on any atom is -0.384 e. The molecule has 2 aliphatic rings. The summed E-state index contributed by atoms with van der Waals surface area (Å²) in [6.07, 6.45) is 9.43. The highest BCUT2D eigenvalue weighted by Crippen LogP contribution is 2.31. The van der Waals surface area contributed by atoms with Crippen LogP contribution in [0.25, 0.3) is 0 Å². The second-order valence-corrected chi connectivity index (χ2v) is 8.74. The van der Waals surface area contributed by atoms with Crippen molar-refractivity contribution in [2.45, 2.75) is 49.8 Å². The molecule has 0 spiro atoms. The van der Waals surface area contributed by atoms with E-state index in [1.54, 1.807) is 0 Å². The summed E-state index contributed by atoms with van der Waals surface area (Å²) in [6.45, 7) is 1.56. The lowest BCUT2D eigenvalue weighted by Crippen LogP contribution is -2.28. The van der Waals surface area contributed by atoms with E-state index in [1.165, 1.54) is 40.9 Å². The van der Waals surface area contributed by atoms with E-state index in [-0.39, 0.29) is 10.6 Å². The molecule has 1 heterocycles. The van der Waals surface area contributed by atoms with Crippen molar-refractivity contribution < 1.29 is 13.3 Å². The van der Waals surface area contributed by atoms with E-state index >= 15 is 0 Å². The number of nitrogens with one attached hydrogen (secondary N) is 1. The largest absolute Gasteiger partial charge is 0.384 e. The van der Waals surface area contributed by atoms with Gasteiger partial charge in [-0.3, -0.25) is 10.1 Å². The van der Waals surface area contributed by atoms with E-state index in [1.807, 2.05) is 0 Å². The molecule has 26 heavy (non-hydrogen) atoms. The van der Waals surface area contributed by atoms with Gasteiger partial charge in [-0.1, -0.05) is 11.6 Å². The third-order valence-corrected chi connectivity index (χ3v) is 6.94. The van der Waals surface area contributed by atoms with Crippen molar-refractivity contribution in [1.82, 2.24) is 4.31 Å². The molecule has 0 radical (unpaired) electrons. The van der Waals surface area contributed by atoms with Crippen molar-refractivity contribution in [3.63, 3.8) is 0 Å². The van der Waals surface area contributed by atoms with Crippen LogP contribution in [-0.2, 0) is 10.0 Å². The average molecular weight is 379 g/mol. The Labute approximate surface area is 154 Å². The monoisotopic (exact) mass is 379 g/mol. The summed E-state index contributed by atoms with van der Waals surface area (Å²) >= 11 is 0. The molecule has 0 aromatic heterocycles. The summed E-state index contributed by atoms with van der Waals surface area (Å²) < 4.78 is 27.3. The van der Waals surface area contributed by atoms with Crippen molar-refractivity contribution in [2.75, 3.05) is 25.0 Å². The maximum absolute atomic E-state index is 12.9. The van der Waals surface area contributed by atoms with Gasteiger partial charge >= 0.3 is 0 Å². The molecule has 1 saturated heterocycles. The Hall–Kier alpha value is -1.93. The molecule has 7 nitrogen and oxygen atoms in total. The highest BCUT2D eigenvalue weighted by atomic mass is 32.2. The standard InChI is InChI=1S/C18H25N3O4S/c22-21(23)16-8-9-17(19-11-10-15-6-2-1-3-7-15)18(14-16)26(24,25)20-12-4-5-13-20/h6,8-9,14,19H,1-5,7,10-13H2. The van der Waals surface area contributed by atoms with Gasteiger partial charge in [0.1, 0.15) is 4.90 Å². The van der Waals surface area contributed by atoms with E-state index in [9.17, 15) is 18.5 Å². The summed E-state index contributed by atoms with van der Waals surface area (Å²) in [7, 11) is -3.73. The zero-order valence-electron chi connectivity index (χ0n) is 14.8. The molecule has 0 bridgehead atoms. The Balaban J connectivity index is 1.81. The van der Waals surface area contributed by atoms with E-state index in [4.69, 9.17) is 0 Å². The number of nitrogens with zero attached hydrogens (tertiary/aromatic N) is 2. The molecular weight excluding hydrogens is 354 g/mol. The van der Waals surface area contributed by atoms with Gasteiger partial charge in [-0.25, -0.2) is 8.42 Å². The summed E-state index contributed by atoms with van der Waals surface area (Å²) in [6, 6.07) is 4.04. The molecule has 8 heteroatoms. The lowest BCUT2D eigenvalue weighted by atomic mass is 9.97. The van der Waals surface area contributed by atoms with Gasteiger partial charge in [-0.15, -0.1) is 0 Å². The van der Waals surface area contributed by atoms with Crippen LogP contribution in [0, 0.1) is 10.1 Å². The quantitative estimate of drug-likeness (QED) is 0.443. The van der Waals surface area contributed by atoms with Gasteiger partial charge < -0.3 is 5.32 Å². The summed E-state index contributed by atoms with van der Waals surface area (Å²) in [5.41, 5.74) is 1.64. The molecule has 1 fully saturated rings. The smallest absolute Gasteiger partial charge is 0.270 e. The molecule has 0 amide bonds. The first kappa shape index (κ1) is 18.8. The third kappa shape index (κ3) is 4.24. The van der Waals surface area contributed by atoms with Gasteiger partial charge in [0, 0.05) is 31.8 Å². The van der Waals surface area contributed by atoms with Crippen molar-refractivity contribution in [2.24, 2.45) is 0 Å². The van der Waals surface area contributed by atoms with Crippen molar-refractivity contribution in [3.8, 4) is 0 Å². The number of nitro benzene ring substituents is 1. The molecule has 1 aromatic rings. The number of hydrogen-bond donors (Lipinski definition) is 1. The summed E-state index contributed by atoms with van der Waals surface area (Å²) in [5.74, 6) is 0. The van der Waals surface area contributed by atoms with Crippen LogP contribution >= 0.6 is 0 Å². The number of hydrogen-bond acceptors (Lipinski definition) is 5. The normalized spacial score (nSPS) is 18.5. The van der Waals surface area contributed by atoms with Crippen LogP contribution < -0.4 is 5.32 Å². The number of rotatable bonds is 7. The van der Waals surface area contributed by atoms with Gasteiger partial charge in [0.25, 0.3) is 5.69 Å².